The van der Waals surface area contributed by atoms with E-state index >= 15 is 0 Å². The van der Waals surface area contributed by atoms with Crippen molar-refractivity contribution in [2.24, 2.45) is 0 Å². The van der Waals surface area contributed by atoms with Crippen LogP contribution in [0.5, 0.6) is 0 Å². The van der Waals surface area contributed by atoms with Crippen molar-refractivity contribution in [2.45, 2.75) is 0 Å². The molecule has 1 aliphatic rings. The van der Waals surface area contributed by atoms with Crippen molar-refractivity contribution in [3.05, 3.63) is 30.6 Å². The number of fused-ring (bicyclic) bond motifs is 1. The number of pyridine rings is 1. The van der Waals surface area contributed by atoms with Gasteiger partial charge in [0, 0.05) is 36.4 Å². The summed E-state index contributed by atoms with van der Waals surface area (Å²) in [4.78, 5) is 6.11. The summed E-state index contributed by atoms with van der Waals surface area (Å²) < 4.78 is 0. The lowest BCUT2D eigenvalue weighted by atomic mass is 10.1. The van der Waals surface area contributed by atoms with Crippen LogP contribution in [0.25, 0.3) is 5.70 Å². The van der Waals surface area contributed by atoms with Crippen molar-refractivity contribution >= 4 is 11.4 Å². The van der Waals surface area contributed by atoms with E-state index in [2.05, 4.69) is 21.8 Å². The molecule has 0 fully saturated rings. The summed E-state index contributed by atoms with van der Waals surface area (Å²) in [6, 6.07) is 1.97. The van der Waals surface area contributed by atoms with Gasteiger partial charge < -0.3 is 10.2 Å². The predicted molar refractivity (Wildman–Crippen MR) is 49.5 cm³/mol. The minimum absolute atomic E-state index is 0.815. The van der Waals surface area contributed by atoms with Gasteiger partial charge in [-0.3, -0.25) is 4.98 Å². The number of hydrogen-bond donors (Lipinski definition) is 1. The highest BCUT2D eigenvalue weighted by atomic mass is 15.2. The highest BCUT2D eigenvalue weighted by molar-refractivity contribution is 5.75. The maximum Gasteiger partial charge on any atom is 0.0873 e. The average molecular weight is 161 g/mol. The standard InChI is InChI=1S/C9H11N3/c1-7-8-5-10-4-3-9(8)11-6-12(7)2/h3-5,11H,1,6H2,2H3. The van der Waals surface area contributed by atoms with Crippen LogP contribution in [0.1, 0.15) is 5.56 Å². The lowest BCUT2D eigenvalue weighted by molar-refractivity contribution is 0.508. The molecule has 1 N–H and O–H groups in total. The summed E-state index contributed by atoms with van der Waals surface area (Å²) in [6.45, 7) is 4.80. The van der Waals surface area contributed by atoms with Crippen LogP contribution < -0.4 is 5.32 Å². The number of aromatic nitrogens is 1. The van der Waals surface area contributed by atoms with Crippen LogP contribution in [0.2, 0.25) is 0 Å². The van der Waals surface area contributed by atoms with E-state index in [9.17, 15) is 0 Å². The van der Waals surface area contributed by atoms with Crippen molar-refractivity contribution in [3.63, 3.8) is 0 Å². The molecule has 0 radical (unpaired) electrons. The monoisotopic (exact) mass is 161 g/mol. The van der Waals surface area contributed by atoms with Gasteiger partial charge in [0.15, 0.2) is 0 Å². The topological polar surface area (TPSA) is 28.2 Å². The van der Waals surface area contributed by atoms with Crippen LogP contribution in [0, 0.1) is 0 Å². The van der Waals surface area contributed by atoms with Gasteiger partial charge in [0.25, 0.3) is 0 Å². The summed E-state index contributed by atoms with van der Waals surface area (Å²) in [5, 5.41) is 3.27. The zero-order valence-corrected chi connectivity index (χ0v) is 7.04. The fraction of sp³-hybridized carbons (Fsp3) is 0.222. The smallest absolute Gasteiger partial charge is 0.0873 e. The van der Waals surface area contributed by atoms with E-state index in [1.807, 2.05) is 19.3 Å². The Labute approximate surface area is 71.7 Å². The first-order valence-corrected chi connectivity index (χ1v) is 3.87. The maximum atomic E-state index is 4.06. The van der Waals surface area contributed by atoms with E-state index in [4.69, 9.17) is 0 Å². The SMILES string of the molecule is C=C1c2cnccc2NCN1C. The lowest BCUT2D eigenvalue weighted by Gasteiger charge is -2.29. The number of anilines is 1. The molecule has 0 saturated heterocycles. The largest absolute Gasteiger partial charge is 0.367 e. The Morgan fingerprint density at radius 3 is 3.33 bits per heavy atom. The second-order valence-electron chi connectivity index (χ2n) is 2.90. The molecule has 0 amide bonds. The van der Waals surface area contributed by atoms with E-state index in [1.54, 1.807) is 6.20 Å². The first-order valence-electron chi connectivity index (χ1n) is 3.87. The van der Waals surface area contributed by atoms with Gasteiger partial charge >= 0.3 is 0 Å². The average Bonchev–Trinajstić information content (AvgIpc) is 2.12. The van der Waals surface area contributed by atoms with Crippen molar-refractivity contribution in [3.8, 4) is 0 Å². The Bertz CT molecular complexity index is 319. The molecular formula is C9H11N3. The quantitative estimate of drug-likeness (QED) is 0.622. The summed E-state index contributed by atoms with van der Waals surface area (Å²) in [5.74, 6) is 0. The third-order valence-corrected chi connectivity index (χ3v) is 2.10. The minimum atomic E-state index is 0.815. The zero-order chi connectivity index (χ0) is 8.55. The van der Waals surface area contributed by atoms with Gasteiger partial charge in [-0.25, -0.2) is 0 Å². The molecule has 0 atom stereocenters. The Balaban J connectivity index is 2.49. The van der Waals surface area contributed by atoms with Crippen LogP contribution in [-0.4, -0.2) is 23.6 Å². The van der Waals surface area contributed by atoms with E-state index < -0.39 is 0 Å². The van der Waals surface area contributed by atoms with Gasteiger partial charge in [0.2, 0.25) is 0 Å². The fourth-order valence-corrected chi connectivity index (χ4v) is 1.28. The Morgan fingerprint density at radius 2 is 2.50 bits per heavy atom. The summed E-state index contributed by atoms with van der Waals surface area (Å²) in [6.07, 6.45) is 3.62. The number of hydrogen-bond acceptors (Lipinski definition) is 3. The van der Waals surface area contributed by atoms with Crippen LogP contribution >= 0.6 is 0 Å². The van der Waals surface area contributed by atoms with E-state index in [-0.39, 0.29) is 0 Å². The third-order valence-electron chi connectivity index (χ3n) is 2.10. The third kappa shape index (κ3) is 0.942. The van der Waals surface area contributed by atoms with Crippen LogP contribution in [0.15, 0.2) is 25.0 Å². The van der Waals surface area contributed by atoms with Crippen LogP contribution in [-0.2, 0) is 0 Å². The molecule has 0 aliphatic carbocycles. The van der Waals surface area contributed by atoms with Crippen molar-refractivity contribution in [1.82, 2.24) is 9.88 Å². The highest BCUT2D eigenvalue weighted by Gasteiger charge is 2.14. The lowest BCUT2D eigenvalue weighted by Crippen LogP contribution is -2.28. The Hall–Kier alpha value is -1.51. The molecule has 0 unspecified atom stereocenters. The van der Waals surface area contributed by atoms with E-state index in [1.165, 1.54) is 0 Å². The van der Waals surface area contributed by atoms with Gasteiger partial charge in [-0.15, -0.1) is 0 Å². The van der Waals surface area contributed by atoms with Gasteiger partial charge in [0.05, 0.1) is 6.67 Å². The van der Waals surface area contributed by atoms with Gasteiger partial charge in [-0.05, 0) is 6.07 Å². The maximum absolute atomic E-state index is 4.06. The molecule has 2 rings (SSSR count). The van der Waals surface area contributed by atoms with Crippen molar-refractivity contribution in [2.75, 3.05) is 19.0 Å². The second-order valence-corrected chi connectivity index (χ2v) is 2.90. The summed E-state index contributed by atoms with van der Waals surface area (Å²) in [7, 11) is 2.01. The molecular weight excluding hydrogens is 150 g/mol. The van der Waals surface area contributed by atoms with Gasteiger partial charge in [-0.2, -0.15) is 0 Å². The van der Waals surface area contributed by atoms with Crippen molar-refractivity contribution in [1.29, 1.82) is 0 Å². The van der Waals surface area contributed by atoms with Gasteiger partial charge in [-0.1, -0.05) is 6.58 Å². The fourth-order valence-electron chi connectivity index (χ4n) is 1.28. The summed E-state index contributed by atoms with van der Waals surface area (Å²) in [5.41, 5.74) is 3.23. The predicted octanol–water partition coefficient (Wildman–Crippen LogP) is 1.37. The molecule has 3 heteroatoms. The Morgan fingerprint density at radius 1 is 1.67 bits per heavy atom. The Kier molecular flexibility index (Phi) is 1.50. The molecule has 62 valence electrons. The van der Waals surface area contributed by atoms with Crippen LogP contribution in [0.3, 0.4) is 0 Å². The molecule has 1 aliphatic heterocycles. The minimum Gasteiger partial charge on any atom is -0.367 e. The molecule has 12 heavy (non-hydrogen) atoms. The molecule has 0 spiro atoms. The first kappa shape index (κ1) is 7.16. The van der Waals surface area contributed by atoms with E-state index in [0.29, 0.717) is 0 Å². The number of nitrogens with zero attached hydrogens (tertiary/aromatic N) is 2. The van der Waals surface area contributed by atoms with Crippen LogP contribution in [0.4, 0.5) is 5.69 Å². The second kappa shape index (κ2) is 2.52. The molecule has 1 aromatic heterocycles. The van der Waals surface area contributed by atoms with Gasteiger partial charge in [0.1, 0.15) is 0 Å². The first-order chi connectivity index (χ1) is 5.79. The molecule has 3 nitrogen and oxygen atoms in total. The zero-order valence-electron chi connectivity index (χ0n) is 7.04. The van der Waals surface area contributed by atoms with Crippen molar-refractivity contribution < 1.29 is 0 Å². The summed E-state index contributed by atoms with van der Waals surface area (Å²) >= 11 is 0. The molecule has 0 bridgehead atoms. The molecule has 0 saturated carbocycles. The normalized spacial score (nSPS) is 15.4. The number of nitrogens with one attached hydrogen (secondary N) is 1. The molecule has 1 aromatic rings. The number of rotatable bonds is 0. The highest BCUT2D eigenvalue weighted by Crippen LogP contribution is 2.26. The molecule has 0 aromatic carbocycles. The van der Waals surface area contributed by atoms with E-state index in [0.717, 1.165) is 23.6 Å². The molecule has 2 heterocycles.